The number of aromatic hydroxyl groups is 1. The summed E-state index contributed by atoms with van der Waals surface area (Å²) in [5, 5.41) is 18.3. The first-order valence-corrected chi connectivity index (χ1v) is 6.80. The number of furan rings is 1. The van der Waals surface area contributed by atoms with E-state index in [-0.39, 0.29) is 11.6 Å². The molecule has 6 nitrogen and oxygen atoms in total. The van der Waals surface area contributed by atoms with Gasteiger partial charge in [0, 0.05) is 5.39 Å². The molecule has 0 radical (unpaired) electrons. The number of hydrogen-bond acceptors (Lipinski definition) is 4. The Morgan fingerprint density at radius 1 is 1.27 bits per heavy atom. The Morgan fingerprint density at radius 2 is 2.05 bits per heavy atom. The minimum absolute atomic E-state index is 0.110. The zero-order valence-corrected chi connectivity index (χ0v) is 12.5. The Balaban J connectivity index is 1.99. The van der Waals surface area contributed by atoms with Crippen LogP contribution in [0.1, 0.15) is 27.4 Å². The van der Waals surface area contributed by atoms with Gasteiger partial charge >= 0.3 is 0 Å². The average molecular weight is 297 g/mol. The number of H-pyrrole nitrogens is 1. The largest absolute Gasteiger partial charge is 0.493 e. The first-order valence-electron chi connectivity index (χ1n) is 6.80. The van der Waals surface area contributed by atoms with Crippen LogP contribution in [0.3, 0.4) is 0 Å². The minimum Gasteiger partial charge on any atom is -0.493 e. The summed E-state index contributed by atoms with van der Waals surface area (Å²) in [6.45, 7) is 5.37. The number of aromatic amines is 1. The standard InChI is InChI=1S/C16H15N3O3/c1-8-5-4-6-11-13(8)17-16(21)14(11)18-19-15(20)12-7-9(2)22-10(12)3/h4-7,17,21H,1-3H3. The van der Waals surface area contributed by atoms with E-state index in [1.54, 1.807) is 19.9 Å². The fraction of sp³-hybridized carbons (Fsp3) is 0.188. The van der Waals surface area contributed by atoms with Crippen LogP contribution in [-0.4, -0.2) is 16.0 Å². The Hall–Kier alpha value is -2.89. The van der Waals surface area contributed by atoms with Crippen LogP contribution < -0.4 is 0 Å². The van der Waals surface area contributed by atoms with E-state index in [1.807, 2.05) is 25.1 Å². The second-order valence-corrected chi connectivity index (χ2v) is 5.15. The van der Waals surface area contributed by atoms with Crippen molar-refractivity contribution in [1.29, 1.82) is 0 Å². The lowest BCUT2D eigenvalue weighted by atomic mass is 10.1. The molecule has 0 aliphatic heterocycles. The number of azo groups is 1. The molecule has 2 N–H and O–H groups in total. The molecule has 0 aliphatic carbocycles. The molecule has 0 atom stereocenters. The minimum atomic E-state index is -0.504. The predicted octanol–water partition coefficient (Wildman–Crippen LogP) is 4.32. The first kappa shape index (κ1) is 14.1. The van der Waals surface area contributed by atoms with E-state index in [4.69, 9.17) is 4.42 Å². The molecule has 22 heavy (non-hydrogen) atoms. The molecule has 1 aromatic carbocycles. The molecule has 2 aromatic heterocycles. The van der Waals surface area contributed by atoms with Gasteiger partial charge in [-0.25, -0.2) is 0 Å². The molecule has 0 unspecified atom stereocenters. The molecular weight excluding hydrogens is 282 g/mol. The van der Waals surface area contributed by atoms with Crippen LogP contribution in [0.4, 0.5) is 5.69 Å². The van der Waals surface area contributed by atoms with Crippen LogP contribution in [-0.2, 0) is 0 Å². The maximum atomic E-state index is 12.1. The van der Waals surface area contributed by atoms with Gasteiger partial charge in [-0.05, 0) is 32.4 Å². The third-order valence-corrected chi connectivity index (χ3v) is 3.51. The molecule has 1 amide bonds. The van der Waals surface area contributed by atoms with Crippen molar-refractivity contribution in [2.24, 2.45) is 10.2 Å². The number of fused-ring (bicyclic) bond motifs is 1. The summed E-state index contributed by atoms with van der Waals surface area (Å²) < 4.78 is 5.30. The topological polar surface area (TPSA) is 91.0 Å². The van der Waals surface area contributed by atoms with E-state index in [2.05, 4.69) is 15.2 Å². The lowest BCUT2D eigenvalue weighted by molar-refractivity contribution is 0.0993. The monoisotopic (exact) mass is 297 g/mol. The first-order chi connectivity index (χ1) is 10.5. The molecule has 0 saturated carbocycles. The third kappa shape index (κ3) is 2.28. The second-order valence-electron chi connectivity index (χ2n) is 5.15. The van der Waals surface area contributed by atoms with Crippen LogP contribution in [0, 0.1) is 20.8 Å². The number of para-hydroxylation sites is 1. The number of rotatable bonds is 2. The number of nitrogens with zero attached hydrogens (tertiary/aromatic N) is 2. The molecule has 0 spiro atoms. The smallest absolute Gasteiger partial charge is 0.298 e. The maximum Gasteiger partial charge on any atom is 0.298 e. The highest BCUT2D eigenvalue weighted by Crippen LogP contribution is 2.36. The Morgan fingerprint density at radius 3 is 2.73 bits per heavy atom. The van der Waals surface area contributed by atoms with Gasteiger partial charge in [0.25, 0.3) is 5.91 Å². The van der Waals surface area contributed by atoms with Crippen molar-refractivity contribution in [1.82, 2.24) is 4.98 Å². The molecule has 2 heterocycles. The quantitative estimate of drug-likeness (QED) is 0.690. The van der Waals surface area contributed by atoms with Crippen molar-refractivity contribution in [3.8, 4) is 5.88 Å². The number of amides is 1. The number of carbonyl (C=O) groups is 1. The van der Waals surface area contributed by atoms with E-state index in [1.165, 1.54) is 0 Å². The second kappa shape index (κ2) is 5.14. The van der Waals surface area contributed by atoms with Crippen molar-refractivity contribution in [2.75, 3.05) is 0 Å². The lowest BCUT2D eigenvalue weighted by Crippen LogP contribution is -1.93. The van der Waals surface area contributed by atoms with Gasteiger partial charge in [-0.15, -0.1) is 10.2 Å². The van der Waals surface area contributed by atoms with Gasteiger partial charge in [-0.3, -0.25) is 4.79 Å². The fourth-order valence-electron chi connectivity index (χ4n) is 2.43. The summed E-state index contributed by atoms with van der Waals surface area (Å²) in [5.74, 6) is 0.527. The highest BCUT2D eigenvalue weighted by Gasteiger charge is 2.15. The molecule has 0 aliphatic rings. The Kier molecular flexibility index (Phi) is 3.29. The fourth-order valence-corrected chi connectivity index (χ4v) is 2.43. The van der Waals surface area contributed by atoms with Crippen molar-refractivity contribution in [3.05, 3.63) is 46.9 Å². The van der Waals surface area contributed by atoms with Crippen LogP contribution in [0.2, 0.25) is 0 Å². The summed E-state index contributed by atoms with van der Waals surface area (Å²) in [5.41, 5.74) is 2.38. The molecular formula is C16H15N3O3. The van der Waals surface area contributed by atoms with Crippen LogP contribution in [0.25, 0.3) is 10.9 Å². The van der Waals surface area contributed by atoms with E-state index in [0.29, 0.717) is 22.5 Å². The van der Waals surface area contributed by atoms with Gasteiger partial charge in [-0.2, -0.15) is 0 Å². The lowest BCUT2D eigenvalue weighted by Gasteiger charge is -1.94. The number of hydrogen-bond donors (Lipinski definition) is 2. The normalized spacial score (nSPS) is 11.6. The zero-order chi connectivity index (χ0) is 15.9. The molecule has 0 saturated heterocycles. The van der Waals surface area contributed by atoms with Crippen molar-refractivity contribution in [2.45, 2.75) is 20.8 Å². The van der Waals surface area contributed by atoms with Gasteiger partial charge in [0.1, 0.15) is 11.5 Å². The van der Waals surface area contributed by atoms with Crippen LogP contribution >= 0.6 is 0 Å². The summed E-state index contributed by atoms with van der Waals surface area (Å²) in [4.78, 5) is 14.9. The van der Waals surface area contributed by atoms with Crippen LogP contribution in [0.15, 0.2) is 38.9 Å². The summed E-state index contributed by atoms with van der Waals surface area (Å²) >= 11 is 0. The number of aromatic nitrogens is 1. The van der Waals surface area contributed by atoms with E-state index >= 15 is 0 Å². The van der Waals surface area contributed by atoms with Gasteiger partial charge in [0.05, 0.1) is 11.1 Å². The molecule has 6 heteroatoms. The number of aryl methyl sites for hydroxylation is 3. The average Bonchev–Trinajstić information content (AvgIpc) is 2.97. The van der Waals surface area contributed by atoms with Crippen molar-refractivity contribution in [3.63, 3.8) is 0 Å². The Bertz CT molecular complexity index is 903. The highest BCUT2D eigenvalue weighted by molar-refractivity contribution is 5.98. The van der Waals surface area contributed by atoms with E-state index in [0.717, 1.165) is 11.1 Å². The molecule has 0 bridgehead atoms. The van der Waals surface area contributed by atoms with Gasteiger partial charge in [0.15, 0.2) is 5.69 Å². The maximum absolute atomic E-state index is 12.1. The summed E-state index contributed by atoms with van der Waals surface area (Å²) in [7, 11) is 0. The van der Waals surface area contributed by atoms with Crippen LogP contribution in [0.5, 0.6) is 5.88 Å². The molecule has 3 aromatic rings. The van der Waals surface area contributed by atoms with E-state index in [9.17, 15) is 9.90 Å². The number of carbonyl (C=O) groups excluding carboxylic acids is 1. The van der Waals surface area contributed by atoms with Gasteiger partial charge in [-0.1, -0.05) is 18.2 Å². The summed E-state index contributed by atoms with van der Waals surface area (Å²) in [6, 6.07) is 7.21. The van der Waals surface area contributed by atoms with Crippen molar-refractivity contribution >= 4 is 22.5 Å². The Labute approximate surface area is 126 Å². The predicted molar refractivity (Wildman–Crippen MR) is 81.7 cm³/mol. The highest BCUT2D eigenvalue weighted by atomic mass is 16.3. The molecule has 112 valence electrons. The van der Waals surface area contributed by atoms with E-state index < -0.39 is 5.91 Å². The number of nitrogens with one attached hydrogen (secondary N) is 1. The van der Waals surface area contributed by atoms with Gasteiger partial charge in [0.2, 0.25) is 5.88 Å². The molecule has 3 rings (SSSR count). The molecule has 0 fully saturated rings. The SMILES string of the molecule is Cc1cc(C(=O)N=Nc2c(O)[nH]c3c(C)cccc23)c(C)o1. The summed E-state index contributed by atoms with van der Waals surface area (Å²) in [6.07, 6.45) is 0. The zero-order valence-electron chi connectivity index (χ0n) is 12.5. The van der Waals surface area contributed by atoms with Gasteiger partial charge < -0.3 is 14.5 Å². The third-order valence-electron chi connectivity index (χ3n) is 3.51. The van der Waals surface area contributed by atoms with Crippen molar-refractivity contribution < 1.29 is 14.3 Å². The number of benzene rings is 1.